The van der Waals surface area contributed by atoms with Crippen LogP contribution in [0, 0.1) is 13.8 Å². The van der Waals surface area contributed by atoms with E-state index in [0.717, 1.165) is 11.3 Å². The SMILES string of the molecule is Cc1ccc(NC(=O)CC(c2cccc(C)c2)n2cccc2)cc1. The average molecular weight is 318 g/mol. The lowest BCUT2D eigenvalue weighted by molar-refractivity contribution is -0.116. The Morgan fingerprint density at radius 3 is 2.33 bits per heavy atom. The number of amides is 1. The van der Waals surface area contributed by atoms with Crippen LogP contribution in [-0.4, -0.2) is 10.5 Å². The van der Waals surface area contributed by atoms with Gasteiger partial charge in [-0.2, -0.15) is 0 Å². The third-order valence-electron chi connectivity index (χ3n) is 4.13. The Balaban J connectivity index is 1.79. The molecule has 24 heavy (non-hydrogen) atoms. The van der Waals surface area contributed by atoms with Crippen molar-refractivity contribution in [1.82, 2.24) is 4.57 Å². The van der Waals surface area contributed by atoms with Gasteiger partial charge >= 0.3 is 0 Å². The molecule has 1 N–H and O–H groups in total. The van der Waals surface area contributed by atoms with Crippen molar-refractivity contribution in [1.29, 1.82) is 0 Å². The minimum atomic E-state index is -0.00894. The highest BCUT2D eigenvalue weighted by Gasteiger charge is 2.17. The zero-order valence-corrected chi connectivity index (χ0v) is 14.1. The maximum absolute atomic E-state index is 12.5. The number of anilines is 1. The maximum Gasteiger partial charge on any atom is 0.226 e. The summed E-state index contributed by atoms with van der Waals surface area (Å²) >= 11 is 0. The summed E-state index contributed by atoms with van der Waals surface area (Å²) in [6.45, 7) is 4.11. The largest absolute Gasteiger partial charge is 0.346 e. The van der Waals surface area contributed by atoms with Gasteiger partial charge in [0, 0.05) is 18.1 Å². The fourth-order valence-electron chi connectivity index (χ4n) is 2.85. The van der Waals surface area contributed by atoms with Gasteiger partial charge in [0.15, 0.2) is 0 Å². The summed E-state index contributed by atoms with van der Waals surface area (Å²) in [6, 6.07) is 20.2. The summed E-state index contributed by atoms with van der Waals surface area (Å²) in [5.74, 6) is 0.0130. The molecule has 1 heterocycles. The minimum absolute atomic E-state index is 0.00894. The fraction of sp³-hybridized carbons (Fsp3) is 0.190. The Morgan fingerprint density at radius 1 is 0.958 bits per heavy atom. The number of carbonyl (C=O) groups excluding carboxylic acids is 1. The molecular formula is C21H22N2O. The minimum Gasteiger partial charge on any atom is -0.346 e. The quantitative estimate of drug-likeness (QED) is 0.725. The van der Waals surface area contributed by atoms with E-state index in [1.54, 1.807) is 0 Å². The van der Waals surface area contributed by atoms with Crippen molar-refractivity contribution in [3.8, 4) is 0 Å². The van der Waals surface area contributed by atoms with Gasteiger partial charge in [0.25, 0.3) is 0 Å². The first-order valence-corrected chi connectivity index (χ1v) is 8.17. The molecule has 0 aliphatic carbocycles. The second kappa shape index (κ2) is 7.18. The van der Waals surface area contributed by atoms with Crippen LogP contribution in [0.2, 0.25) is 0 Å². The third-order valence-corrected chi connectivity index (χ3v) is 4.13. The molecule has 0 saturated heterocycles. The molecule has 0 saturated carbocycles. The second-order valence-electron chi connectivity index (χ2n) is 6.18. The van der Waals surface area contributed by atoms with Crippen LogP contribution < -0.4 is 5.32 Å². The van der Waals surface area contributed by atoms with Crippen LogP contribution in [0.15, 0.2) is 73.1 Å². The molecule has 0 fully saturated rings. The molecule has 2 aromatic carbocycles. The standard InChI is InChI=1S/C21H22N2O/c1-16-8-10-19(11-9-16)22-21(24)15-20(23-12-3-4-13-23)18-7-5-6-17(2)14-18/h3-14,20H,15H2,1-2H3,(H,22,24). The summed E-state index contributed by atoms with van der Waals surface area (Å²) in [5, 5.41) is 2.99. The van der Waals surface area contributed by atoms with Gasteiger partial charge in [-0.25, -0.2) is 0 Å². The van der Waals surface area contributed by atoms with Crippen LogP contribution >= 0.6 is 0 Å². The van der Waals surface area contributed by atoms with Crippen molar-refractivity contribution < 1.29 is 4.79 Å². The van der Waals surface area contributed by atoms with Crippen molar-refractivity contribution in [2.75, 3.05) is 5.32 Å². The second-order valence-corrected chi connectivity index (χ2v) is 6.18. The van der Waals surface area contributed by atoms with Crippen LogP contribution in [0.4, 0.5) is 5.69 Å². The predicted molar refractivity (Wildman–Crippen MR) is 98.2 cm³/mol. The monoisotopic (exact) mass is 318 g/mol. The highest BCUT2D eigenvalue weighted by Crippen LogP contribution is 2.24. The average Bonchev–Trinajstić information content (AvgIpc) is 3.09. The number of carbonyl (C=O) groups is 1. The summed E-state index contributed by atoms with van der Waals surface area (Å²) in [7, 11) is 0. The number of hydrogen-bond acceptors (Lipinski definition) is 1. The van der Waals surface area contributed by atoms with Gasteiger partial charge in [-0.05, 0) is 43.7 Å². The van der Waals surface area contributed by atoms with Gasteiger partial charge in [0.1, 0.15) is 0 Å². The summed E-state index contributed by atoms with van der Waals surface area (Å²) in [5.41, 5.74) is 4.35. The zero-order valence-electron chi connectivity index (χ0n) is 14.1. The number of aryl methyl sites for hydroxylation is 2. The smallest absolute Gasteiger partial charge is 0.226 e. The lowest BCUT2D eigenvalue weighted by atomic mass is 10.0. The van der Waals surface area contributed by atoms with Crippen LogP contribution in [0.25, 0.3) is 0 Å². The molecule has 3 rings (SSSR count). The molecule has 0 bridgehead atoms. The molecule has 0 spiro atoms. The first-order valence-electron chi connectivity index (χ1n) is 8.17. The van der Waals surface area contributed by atoms with E-state index < -0.39 is 0 Å². The molecule has 0 aliphatic heterocycles. The van der Waals surface area contributed by atoms with Crippen molar-refractivity contribution in [2.45, 2.75) is 26.3 Å². The molecule has 1 atom stereocenters. The van der Waals surface area contributed by atoms with Gasteiger partial charge in [-0.15, -0.1) is 0 Å². The predicted octanol–water partition coefficient (Wildman–Crippen LogP) is 4.72. The van der Waals surface area contributed by atoms with E-state index in [9.17, 15) is 4.79 Å². The molecule has 122 valence electrons. The summed E-state index contributed by atoms with van der Waals surface area (Å²) < 4.78 is 2.09. The molecule has 0 aliphatic rings. The van der Waals surface area contributed by atoms with E-state index in [4.69, 9.17) is 0 Å². The molecule has 1 unspecified atom stereocenters. The topological polar surface area (TPSA) is 34.0 Å². The first kappa shape index (κ1) is 16.1. The van der Waals surface area contributed by atoms with E-state index in [2.05, 4.69) is 35.0 Å². The Hall–Kier alpha value is -2.81. The molecule has 1 amide bonds. The van der Waals surface area contributed by atoms with Gasteiger partial charge in [-0.3, -0.25) is 4.79 Å². The van der Waals surface area contributed by atoms with E-state index in [0.29, 0.717) is 6.42 Å². The highest BCUT2D eigenvalue weighted by molar-refractivity contribution is 5.91. The van der Waals surface area contributed by atoms with Crippen LogP contribution in [0.3, 0.4) is 0 Å². The molecule has 3 aromatic rings. The Bertz CT molecular complexity index is 804. The molecule has 0 radical (unpaired) electrons. The van der Waals surface area contributed by atoms with Crippen molar-refractivity contribution in [2.24, 2.45) is 0 Å². The van der Waals surface area contributed by atoms with Gasteiger partial charge < -0.3 is 9.88 Å². The van der Waals surface area contributed by atoms with Crippen molar-refractivity contribution in [3.05, 3.63) is 89.7 Å². The highest BCUT2D eigenvalue weighted by atomic mass is 16.1. The Labute approximate surface area is 143 Å². The number of nitrogens with one attached hydrogen (secondary N) is 1. The van der Waals surface area contributed by atoms with Gasteiger partial charge in [0.05, 0.1) is 12.5 Å². The third kappa shape index (κ3) is 3.93. The van der Waals surface area contributed by atoms with E-state index >= 15 is 0 Å². The number of rotatable bonds is 5. The van der Waals surface area contributed by atoms with Gasteiger partial charge in [-0.1, -0.05) is 47.5 Å². The van der Waals surface area contributed by atoms with Crippen molar-refractivity contribution >= 4 is 11.6 Å². The lowest BCUT2D eigenvalue weighted by Crippen LogP contribution is -2.19. The Kier molecular flexibility index (Phi) is 4.80. The number of aromatic nitrogens is 1. The van der Waals surface area contributed by atoms with E-state index in [-0.39, 0.29) is 11.9 Å². The first-order chi connectivity index (χ1) is 11.6. The van der Waals surface area contributed by atoms with E-state index in [1.165, 1.54) is 11.1 Å². The number of nitrogens with zero attached hydrogens (tertiary/aromatic N) is 1. The van der Waals surface area contributed by atoms with E-state index in [1.807, 2.05) is 61.8 Å². The number of benzene rings is 2. The summed E-state index contributed by atoms with van der Waals surface area (Å²) in [4.78, 5) is 12.5. The van der Waals surface area contributed by atoms with Crippen molar-refractivity contribution in [3.63, 3.8) is 0 Å². The number of hydrogen-bond donors (Lipinski definition) is 1. The van der Waals surface area contributed by atoms with Gasteiger partial charge in [0.2, 0.25) is 5.91 Å². The fourth-order valence-corrected chi connectivity index (χ4v) is 2.85. The summed E-state index contributed by atoms with van der Waals surface area (Å²) in [6.07, 6.45) is 4.41. The maximum atomic E-state index is 12.5. The normalized spacial score (nSPS) is 11.9. The van der Waals surface area contributed by atoms with Crippen LogP contribution in [0.5, 0.6) is 0 Å². The van der Waals surface area contributed by atoms with Crippen LogP contribution in [0.1, 0.15) is 29.2 Å². The van der Waals surface area contributed by atoms with Crippen LogP contribution in [-0.2, 0) is 4.79 Å². The Morgan fingerprint density at radius 2 is 1.67 bits per heavy atom. The molecular weight excluding hydrogens is 296 g/mol. The lowest BCUT2D eigenvalue weighted by Gasteiger charge is -2.20. The molecule has 3 heteroatoms. The zero-order chi connectivity index (χ0) is 16.9. The molecule has 1 aromatic heterocycles. The molecule has 3 nitrogen and oxygen atoms in total.